The smallest absolute Gasteiger partial charge is 0.316 e. The van der Waals surface area contributed by atoms with Crippen LogP contribution in [-0.4, -0.2) is 67.4 Å². The average molecular weight is 630 g/mol. The molecule has 2 unspecified atom stereocenters. The van der Waals surface area contributed by atoms with Crippen molar-refractivity contribution in [2.75, 3.05) is 18.0 Å². The van der Waals surface area contributed by atoms with Gasteiger partial charge in [0.1, 0.15) is 22.5 Å². The highest BCUT2D eigenvalue weighted by molar-refractivity contribution is 8.04. The summed E-state index contributed by atoms with van der Waals surface area (Å²) in [5, 5.41) is 28.2. The fourth-order valence-corrected chi connectivity index (χ4v) is 9.79. The number of anilines is 1. The van der Waals surface area contributed by atoms with Crippen LogP contribution in [0.1, 0.15) is 5.69 Å². The molecule has 0 radical (unpaired) electrons. The molecule has 2 saturated heterocycles. The summed E-state index contributed by atoms with van der Waals surface area (Å²) in [7, 11) is 0. The van der Waals surface area contributed by atoms with Crippen LogP contribution in [0.2, 0.25) is 4.34 Å². The topological polar surface area (TPSA) is 175 Å². The standard InChI is InChI=1S/C21H16ClN5O6S5/c22-11-3-8-10(28)4-12(38-18(8)37-11)34-2-1-21(19(31)32)6-27-16(30)14(17(27)36-7-21)25-15(29)13(26-33)9-5-35-20(23)24-9/h1-5,14,17,33H,6-7H2,(H2,23,24)(H,25,29)(H,31,32)/t14?,17-,21?/m1/s1. The minimum Gasteiger partial charge on any atom is -0.481 e. The van der Waals surface area contributed by atoms with Crippen molar-refractivity contribution in [3.05, 3.63) is 49.3 Å². The van der Waals surface area contributed by atoms with Crippen molar-refractivity contribution < 1.29 is 24.7 Å². The fraction of sp³-hybridized carbons (Fsp3) is 0.238. The molecule has 11 nitrogen and oxygen atoms in total. The fourth-order valence-electron chi connectivity index (χ4n) is 3.90. The Labute approximate surface area is 239 Å². The van der Waals surface area contributed by atoms with Crippen LogP contribution in [0.15, 0.2) is 43.2 Å². The van der Waals surface area contributed by atoms with Gasteiger partial charge < -0.3 is 26.3 Å². The van der Waals surface area contributed by atoms with Gasteiger partial charge in [0.25, 0.3) is 5.91 Å². The van der Waals surface area contributed by atoms with E-state index in [1.165, 1.54) is 68.6 Å². The molecule has 5 N–H and O–H groups in total. The van der Waals surface area contributed by atoms with Crippen LogP contribution in [0.3, 0.4) is 0 Å². The molecule has 5 rings (SSSR count). The maximum absolute atomic E-state index is 12.8. The van der Waals surface area contributed by atoms with E-state index < -0.39 is 34.6 Å². The van der Waals surface area contributed by atoms with Gasteiger partial charge in [0.2, 0.25) is 5.91 Å². The molecule has 2 aliphatic heterocycles. The van der Waals surface area contributed by atoms with E-state index in [0.717, 1.165) is 15.4 Å². The third kappa shape index (κ3) is 4.91. The second-order valence-electron chi connectivity index (χ2n) is 8.20. The van der Waals surface area contributed by atoms with Gasteiger partial charge in [-0.2, -0.15) is 0 Å². The van der Waals surface area contributed by atoms with Gasteiger partial charge >= 0.3 is 5.97 Å². The molecule has 3 aromatic rings. The summed E-state index contributed by atoms with van der Waals surface area (Å²) in [6.07, 6.45) is 1.54. The highest BCUT2D eigenvalue weighted by Gasteiger charge is 2.57. The molecule has 0 saturated carbocycles. The van der Waals surface area contributed by atoms with E-state index >= 15 is 0 Å². The summed E-state index contributed by atoms with van der Waals surface area (Å²) in [5.74, 6) is -2.19. The van der Waals surface area contributed by atoms with Crippen LogP contribution in [0, 0.1) is 5.41 Å². The molecular formula is C21H16ClN5O6S5. The zero-order valence-corrected chi connectivity index (χ0v) is 23.7. The number of hydrogen-bond donors (Lipinski definition) is 4. The highest BCUT2D eigenvalue weighted by Crippen LogP contribution is 2.44. The summed E-state index contributed by atoms with van der Waals surface area (Å²) < 4.78 is 1.99. The molecule has 3 atom stereocenters. The number of aliphatic carboxylic acids is 1. The van der Waals surface area contributed by atoms with Crippen molar-refractivity contribution in [1.82, 2.24) is 15.2 Å². The normalized spacial score (nSPS) is 23.4. The van der Waals surface area contributed by atoms with Crippen molar-refractivity contribution in [1.29, 1.82) is 0 Å². The molecule has 38 heavy (non-hydrogen) atoms. The van der Waals surface area contributed by atoms with E-state index in [4.69, 9.17) is 17.3 Å². The first-order valence-corrected chi connectivity index (χ1v) is 15.4. The number of carboxylic acid groups (broad SMARTS) is 1. The van der Waals surface area contributed by atoms with Crippen molar-refractivity contribution in [3.63, 3.8) is 0 Å². The number of aromatic nitrogens is 1. The molecular weight excluding hydrogens is 614 g/mol. The molecule has 0 aliphatic carbocycles. The molecule has 2 fully saturated rings. The quantitative estimate of drug-likeness (QED) is 0.0999. The molecule has 0 bridgehead atoms. The number of hydrogen-bond acceptors (Lipinski definition) is 13. The summed E-state index contributed by atoms with van der Waals surface area (Å²) in [4.78, 5) is 55.4. The third-order valence-corrected chi connectivity index (χ3v) is 11.5. The number of fused-ring (bicyclic) bond motifs is 2. The minimum absolute atomic E-state index is 0.0753. The Kier molecular flexibility index (Phi) is 7.45. The summed E-state index contributed by atoms with van der Waals surface area (Å²) in [5.41, 5.74) is 3.75. The molecule has 198 valence electrons. The summed E-state index contributed by atoms with van der Waals surface area (Å²) in [6, 6.07) is 2.21. The van der Waals surface area contributed by atoms with Gasteiger partial charge in [0.05, 0.1) is 17.9 Å². The second-order valence-corrected chi connectivity index (χ2v) is 14.4. The number of β-lactam (4-membered cyclic amide) rings is 1. The van der Waals surface area contributed by atoms with Crippen LogP contribution in [-0.2, 0) is 14.4 Å². The number of nitrogen functional groups attached to an aromatic ring is 1. The number of carbonyl (C=O) groups is 3. The lowest BCUT2D eigenvalue weighted by molar-refractivity contribution is -0.156. The lowest BCUT2D eigenvalue weighted by atomic mass is 9.87. The molecule has 5 heterocycles. The van der Waals surface area contributed by atoms with E-state index in [0.29, 0.717) is 13.9 Å². The molecule has 17 heteroatoms. The zero-order chi connectivity index (χ0) is 27.2. The molecule has 2 aliphatic rings. The van der Waals surface area contributed by atoms with Crippen molar-refractivity contribution in [3.8, 4) is 0 Å². The maximum Gasteiger partial charge on any atom is 0.316 e. The van der Waals surface area contributed by atoms with Crippen LogP contribution in [0.25, 0.3) is 9.40 Å². The predicted molar refractivity (Wildman–Crippen MR) is 151 cm³/mol. The van der Waals surface area contributed by atoms with Crippen LogP contribution in [0.5, 0.6) is 0 Å². The lowest BCUT2D eigenvalue weighted by Crippen LogP contribution is -2.73. The SMILES string of the molecule is Nc1nc(C(=NO)C(=O)NC2C(=O)N3CC(C=CSc4cc(=O)c5cc(Cl)sc5s4)(C(=O)O)CS[C@H]23)cs1. The Morgan fingerprint density at radius 1 is 1.34 bits per heavy atom. The van der Waals surface area contributed by atoms with Crippen LogP contribution >= 0.6 is 69.1 Å². The molecule has 0 aromatic carbocycles. The number of thiazole rings is 1. The van der Waals surface area contributed by atoms with E-state index in [1.807, 2.05) is 0 Å². The second kappa shape index (κ2) is 10.5. The van der Waals surface area contributed by atoms with Gasteiger partial charge in [-0.3, -0.25) is 19.2 Å². The Morgan fingerprint density at radius 3 is 2.82 bits per heavy atom. The van der Waals surface area contributed by atoms with Gasteiger partial charge in [-0.05, 0) is 11.5 Å². The number of thioether (sulfide) groups is 2. The Bertz CT molecular complexity index is 1580. The number of carboxylic acids is 1. The average Bonchev–Trinajstić information content (AvgIpc) is 3.47. The lowest BCUT2D eigenvalue weighted by Gasteiger charge is -2.53. The minimum atomic E-state index is -1.35. The van der Waals surface area contributed by atoms with Gasteiger partial charge in [0.15, 0.2) is 16.3 Å². The van der Waals surface area contributed by atoms with Gasteiger partial charge in [-0.1, -0.05) is 34.6 Å². The Balaban J connectivity index is 1.26. The monoisotopic (exact) mass is 629 g/mol. The highest BCUT2D eigenvalue weighted by atomic mass is 35.5. The number of nitrogens with zero attached hydrogens (tertiary/aromatic N) is 3. The molecule has 2 amide bonds. The number of nitrogens with one attached hydrogen (secondary N) is 1. The number of oxime groups is 1. The summed E-state index contributed by atoms with van der Waals surface area (Å²) in [6.45, 7) is -0.0817. The van der Waals surface area contributed by atoms with Crippen LogP contribution < -0.4 is 16.5 Å². The van der Waals surface area contributed by atoms with Crippen molar-refractivity contribution >= 4 is 107 Å². The number of thiophene rings is 1. The van der Waals surface area contributed by atoms with Crippen molar-refractivity contribution in [2.45, 2.75) is 15.6 Å². The number of amides is 2. The molecule has 0 spiro atoms. The maximum atomic E-state index is 12.8. The largest absolute Gasteiger partial charge is 0.481 e. The summed E-state index contributed by atoms with van der Waals surface area (Å²) >= 11 is 12.2. The van der Waals surface area contributed by atoms with E-state index in [1.54, 1.807) is 11.5 Å². The van der Waals surface area contributed by atoms with Gasteiger partial charge in [-0.25, -0.2) is 4.98 Å². The Hall–Kier alpha value is -2.63. The third-order valence-electron chi connectivity index (χ3n) is 5.84. The number of nitrogens with two attached hydrogens (primary N) is 1. The first kappa shape index (κ1) is 27.0. The van der Waals surface area contributed by atoms with Gasteiger partial charge in [0, 0.05) is 23.7 Å². The Morgan fingerprint density at radius 2 is 2.13 bits per heavy atom. The van der Waals surface area contributed by atoms with E-state index in [-0.39, 0.29) is 34.3 Å². The van der Waals surface area contributed by atoms with Crippen LogP contribution in [0.4, 0.5) is 5.13 Å². The van der Waals surface area contributed by atoms with E-state index in [9.17, 15) is 29.5 Å². The zero-order valence-electron chi connectivity index (χ0n) is 18.8. The van der Waals surface area contributed by atoms with E-state index in [2.05, 4.69) is 15.5 Å². The first-order chi connectivity index (χ1) is 18.1. The number of halogens is 1. The molecule has 3 aromatic heterocycles. The first-order valence-electron chi connectivity index (χ1n) is 10.6. The number of rotatable bonds is 7. The number of carbonyl (C=O) groups excluding carboxylic acids is 2. The van der Waals surface area contributed by atoms with Gasteiger partial charge in [-0.15, -0.1) is 45.8 Å². The predicted octanol–water partition coefficient (Wildman–Crippen LogP) is 2.97. The van der Waals surface area contributed by atoms with Crippen molar-refractivity contribution in [2.24, 2.45) is 10.6 Å².